The quantitative estimate of drug-likeness (QED) is 0.675. The summed E-state index contributed by atoms with van der Waals surface area (Å²) in [6.45, 7) is 0.765. The molecule has 1 fully saturated rings. The number of benzene rings is 1. The van der Waals surface area contributed by atoms with Crippen LogP contribution in [-0.2, 0) is 30.8 Å². The average molecular weight is 421 g/mol. The predicted molar refractivity (Wildman–Crippen MR) is 105 cm³/mol. The van der Waals surface area contributed by atoms with E-state index in [-0.39, 0.29) is 17.3 Å². The van der Waals surface area contributed by atoms with Crippen molar-refractivity contribution in [2.24, 2.45) is 0 Å². The summed E-state index contributed by atoms with van der Waals surface area (Å²) in [6, 6.07) is 6.78. The first kappa shape index (κ1) is 20.8. The first-order valence-electron chi connectivity index (χ1n) is 9.35. The van der Waals surface area contributed by atoms with E-state index in [4.69, 9.17) is 5.11 Å². The summed E-state index contributed by atoms with van der Waals surface area (Å²) in [7, 11) is -4.02. The minimum Gasteiger partial charge on any atom is -0.480 e. The maximum atomic E-state index is 12.8. The van der Waals surface area contributed by atoms with Gasteiger partial charge in [0.15, 0.2) is 9.84 Å². The van der Waals surface area contributed by atoms with Crippen LogP contribution < -0.4 is 5.32 Å². The van der Waals surface area contributed by atoms with Crippen LogP contribution in [0.25, 0.3) is 10.9 Å². The number of carboxylic acid groups (broad SMARTS) is 1. The number of carboxylic acids is 1. The molecule has 0 aliphatic carbocycles. The van der Waals surface area contributed by atoms with Gasteiger partial charge in [0.1, 0.15) is 18.8 Å². The average Bonchev–Trinajstić information content (AvgIpc) is 3.06. The molecule has 9 nitrogen and oxygen atoms in total. The maximum Gasteiger partial charge on any atom is 0.322 e. The van der Waals surface area contributed by atoms with Crippen LogP contribution in [0.1, 0.15) is 19.3 Å². The van der Waals surface area contributed by atoms with E-state index in [1.165, 1.54) is 6.20 Å². The van der Waals surface area contributed by atoms with Crippen molar-refractivity contribution in [2.75, 3.05) is 25.4 Å². The van der Waals surface area contributed by atoms with Gasteiger partial charge in [0.2, 0.25) is 11.8 Å². The molecule has 29 heavy (non-hydrogen) atoms. The zero-order chi connectivity index (χ0) is 21.0. The van der Waals surface area contributed by atoms with Gasteiger partial charge < -0.3 is 19.9 Å². The molecule has 0 atom stereocenters. The van der Waals surface area contributed by atoms with Gasteiger partial charge in [0, 0.05) is 30.2 Å². The SMILES string of the molecule is O=C(O)CNC(=O)CS(=O)(=O)c1cn(CC(=O)N2CCCCC2)c2ccccc12. The Morgan fingerprint density at radius 1 is 1.07 bits per heavy atom. The van der Waals surface area contributed by atoms with Crippen LogP contribution in [0, 0.1) is 0 Å². The number of likely N-dealkylation sites (tertiary alicyclic amines) is 1. The molecule has 0 spiro atoms. The monoisotopic (exact) mass is 421 g/mol. The molecule has 1 aromatic heterocycles. The highest BCUT2D eigenvalue weighted by Crippen LogP contribution is 2.26. The Morgan fingerprint density at radius 3 is 2.45 bits per heavy atom. The molecular formula is C19H23N3O6S. The van der Waals surface area contributed by atoms with Crippen LogP contribution in [0.3, 0.4) is 0 Å². The Balaban J connectivity index is 1.86. The number of nitrogens with zero attached hydrogens (tertiary/aromatic N) is 2. The van der Waals surface area contributed by atoms with Crippen LogP contribution >= 0.6 is 0 Å². The van der Waals surface area contributed by atoms with Crippen molar-refractivity contribution in [3.8, 4) is 0 Å². The number of sulfone groups is 1. The minimum absolute atomic E-state index is 0.0151. The summed E-state index contributed by atoms with van der Waals surface area (Å²) in [6.07, 6.45) is 4.40. The van der Waals surface area contributed by atoms with Gasteiger partial charge >= 0.3 is 5.97 Å². The van der Waals surface area contributed by atoms with E-state index < -0.39 is 34.0 Å². The van der Waals surface area contributed by atoms with Crippen LogP contribution in [-0.4, -0.2) is 66.2 Å². The highest BCUT2D eigenvalue weighted by molar-refractivity contribution is 7.92. The van der Waals surface area contributed by atoms with Crippen LogP contribution in [0.4, 0.5) is 0 Å². The number of aliphatic carboxylic acids is 1. The van der Waals surface area contributed by atoms with E-state index in [1.807, 2.05) is 0 Å². The lowest BCUT2D eigenvalue weighted by atomic mass is 10.1. The Hall–Kier alpha value is -2.88. The third-order valence-corrected chi connectivity index (χ3v) is 6.50. The number of aromatic nitrogens is 1. The second-order valence-electron chi connectivity index (χ2n) is 7.01. The molecule has 2 amide bonds. The molecule has 0 unspecified atom stereocenters. The third-order valence-electron chi connectivity index (χ3n) is 4.86. The molecule has 1 aromatic carbocycles. The smallest absolute Gasteiger partial charge is 0.322 e. The minimum atomic E-state index is -4.02. The van der Waals surface area contributed by atoms with Crippen molar-refractivity contribution in [1.82, 2.24) is 14.8 Å². The zero-order valence-electron chi connectivity index (χ0n) is 15.8. The number of hydrogen-bond acceptors (Lipinski definition) is 5. The standard InChI is InChI=1S/C19H23N3O6S/c23-17(20-10-19(25)26)13-29(27,28)16-11-22(15-7-3-2-6-14(15)16)12-18(24)21-8-4-1-5-9-21/h2-3,6-7,11H,1,4-5,8-10,12-13H2,(H,20,23)(H,25,26). The molecule has 1 saturated heterocycles. The molecule has 0 bridgehead atoms. The van der Waals surface area contributed by atoms with Gasteiger partial charge in [-0.2, -0.15) is 0 Å². The highest BCUT2D eigenvalue weighted by Gasteiger charge is 2.26. The van der Waals surface area contributed by atoms with E-state index >= 15 is 0 Å². The number of nitrogens with one attached hydrogen (secondary N) is 1. The van der Waals surface area contributed by atoms with Crippen molar-refractivity contribution in [2.45, 2.75) is 30.7 Å². The summed E-state index contributed by atoms with van der Waals surface area (Å²) in [5.74, 6) is -3.10. The van der Waals surface area contributed by atoms with Crippen molar-refractivity contribution >= 4 is 38.5 Å². The van der Waals surface area contributed by atoms with E-state index in [9.17, 15) is 22.8 Å². The van der Waals surface area contributed by atoms with Gasteiger partial charge in [0.25, 0.3) is 0 Å². The molecule has 10 heteroatoms. The Morgan fingerprint density at radius 2 is 1.76 bits per heavy atom. The molecule has 156 valence electrons. The van der Waals surface area contributed by atoms with Crippen molar-refractivity contribution in [3.63, 3.8) is 0 Å². The Labute approximate surface area is 168 Å². The second-order valence-corrected chi connectivity index (χ2v) is 8.97. The fourth-order valence-corrected chi connectivity index (χ4v) is 4.85. The number of fused-ring (bicyclic) bond motifs is 1. The largest absolute Gasteiger partial charge is 0.480 e. The number of amides is 2. The summed E-state index contributed by atoms with van der Waals surface area (Å²) >= 11 is 0. The summed E-state index contributed by atoms with van der Waals surface area (Å²) < 4.78 is 27.2. The van der Waals surface area contributed by atoms with E-state index in [0.717, 1.165) is 19.3 Å². The molecule has 1 aliphatic heterocycles. The molecule has 1 aliphatic rings. The van der Waals surface area contributed by atoms with Crippen molar-refractivity contribution in [1.29, 1.82) is 0 Å². The third kappa shape index (κ3) is 4.94. The first-order chi connectivity index (χ1) is 13.8. The molecular weight excluding hydrogens is 398 g/mol. The topological polar surface area (TPSA) is 126 Å². The summed E-state index contributed by atoms with van der Waals surface area (Å²) in [5.41, 5.74) is 0.586. The van der Waals surface area contributed by atoms with E-state index in [0.29, 0.717) is 24.0 Å². The van der Waals surface area contributed by atoms with Gasteiger partial charge in [0.05, 0.1) is 4.90 Å². The lowest BCUT2D eigenvalue weighted by molar-refractivity contribution is -0.137. The van der Waals surface area contributed by atoms with Crippen LogP contribution in [0.5, 0.6) is 0 Å². The molecule has 2 heterocycles. The fourth-order valence-electron chi connectivity index (χ4n) is 3.46. The number of para-hydroxylation sites is 1. The number of piperidine rings is 1. The first-order valence-corrected chi connectivity index (χ1v) is 11.0. The summed E-state index contributed by atoms with van der Waals surface area (Å²) in [4.78, 5) is 36.8. The van der Waals surface area contributed by atoms with Crippen LogP contribution in [0.15, 0.2) is 35.4 Å². The summed E-state index contributed by atoms with van der Waals surface area (Å²) in [5, 5.41) is 11.1. The molecule has 2 aromatic rings. The molecule has 0 radical (unpaired) electrons. The molecule has 0 saturated carbocycles. The second kappa shape index (κ2) is 8.64. The number of carbonyl (C=O) groups excluding carboxylic acids is 2. The Kier molecular flexibility index (Phi) is 6.21. The number of hydrogen-bond donors (Lipinski definition) is 2. The highest BCUT2D eigenvalue weighted by atomic mass is 32.2. The maximum absolute atomic E-state index is 12.8. The molecule has 2 N–H and O–H groups in total. The van der Waals surface area contributed by atoms with Crippen molar-refractivity contribution < 1.29 is 27.9 Å². The lowest BCUT2D eigenvalue weighted by Crippen LogP contribution is -2.37. The van der Waals surface area contributed by atoms with Crippen molar-refractivity contribution in [3.05, 3.63) is 30.5 Å². The normalized spacial score (nSPS) is 14.7. The van der Waals surface area contributed by atoms with Gasteiger partial charge in [-0.25, -0.2) is 8.42 Å². The van der Waals surface area contributed by atoms with Gasteiger partial charge in [-0.05, 0) is 25.3 Å². The van der Waals surface area contributed by atoms with E-state index in [2.05, 4.69) is 5.32 Å². The van der Waals surface area contributed by atoms with Gasteiger partial charge in [-0.1, -0.05) is 18.2 Å². The molecule has 3 rings (SSSR count). The van der Waals surface area contributed by atoms with Gasteiger partial charge in [-0.3, -0.25) is 14.4 Å². The Bertz CT molecular complexity index is 1040. The predicted octanol–water partition coefficient (Wildman–Crippen LogP) is 0.628. The number of carbonyl (C=O) groups is 3. The van der Waals surface area contributed by atoms with Crippen LogP contribution in [0.2, 0.25) is 0 Å². The zero-order valence-corrected chi connectivity index (χ0v) is 16.7. The number of rotatable bonds is 7. The van der Waals surface area contributed by atoms with E-state index in [1.54, 1.807) is 33.7 Å². The lowest BCUT2D eigenvalue weighted by Gasteiger charge is -2.27. The van der Waals surface area contributed by atoms with Gasteiger partial charge in [-0.15, -0.1) is 0 Å². The fraction of sp³-hybridized carbons (Fsp3) is 0.421.